The van der Waals surface area contributed by atoms with Crippen molar-refractivity contribution in [2.75, 3.05) is 13.7 Å². The van der Waals surface area contributed by atoms with Crippen LogP contribution in [0.1, 0.15) is 44.6 Å². The lowest BCUT2D eigenvalue weighted by Gasteiger charge is -2.16. The van der Waals surface area contributed by atoms with Crippen LogP contribution in [0, 0.1) is 0 Å². The molecule has 1 amide bonds. The van der Waals surface area contributed by atoms with E-state index in [1.54, 1.807) is 31.2 Å². The first-order valence-electron chi connectivity index (χ1n) is 8.86. The number of nitrogens with one attached hydrogen (secondary N) is 1. The zero-order valence-electron chi connectivity index (χ0n) is 15.0. The highest BCUT2D eigenvalue weighted by molar-refractivity contribution is 5.80. The van der Waals surface area contributed by atoms with Gasteiger partial charge in [-0.25, -0.2) is 0 Å². The second kappa shape index (κ2) is 9.87. The van der Waals surface area contributed by atoms with Crippen LogP contribution in [0.3, 0.4) is 0 Å². The van der Waals surface area contributed by atoms with E-state index >= 15 is 0 Å². The Labute approximate surface area is 149 Å². The SMILES string of the molecule is COC(=O)Cc1ccc(OC(C)C(=O)NCCC2=CCCCC2)cc1. The Balaban J connectivity index is 1.74. The summed E-state index contributed by atoms with van der Waals surface area (Å²) in [4.78, 5) is 23.4. The van der Waals surface area contributed by atoms with Gasteiger partial charge in [-0.15, -0.1) is 0 Å². The Morgan fingerprint density at radius 3 is 2.60 bits per heavy atom. The summed E-state index contributed by atoms with van der Waals surface area (Å²) in [6.45, 7) is 2.38. The first-order valence-corrected chi connectivity index (χ1v) is 8.86. The van der Waals surface area contributed by atoms with Crippen molar-refractivity contribution in [2.45, 2.75) is 51.6 Å². The van der Waals surface area contributed by atoms with Crippen molar-refractivity contribution in [1.29, 1.82) is 0 Å². The molecule has 0 bridgehead atoms. The number of hydrogen-bond acceptors (Lipinski definition) is 4. The van der Waals surface area contributed by atoms with Crippen molar-refractivity contribution in [2.24, 2.45) is 0 Å². The minimum atomic E-state index is -0.563. The van der Waals surface area contributed by atoms with E-state index in [1.807, 2.05) is 0 Å². The number of esters is 1. The second-order valence-electron chi connectivity index (χ2n) is 6.31. The monoisotopic (exact) mass is 345 g/mol. The van der Waals surface area contributed by atoms with Crippen LogP contribution in [-0.2, 0) is 20.7 Å². The molecule has 25 heavy (non-hydrogen) atoms. The smallest absolute Gasteiger partial charge is 0.309 e. The quantitative estimate of drug-likeness (QED) is 0.580. The lowest BCUT2D eigenvalue weighted by atomic mass is 9.97. The molecule has 0 radical (unpaired) electrons. The highest BCUT2D eigenvalue weighted by Crippen LogP contribution is 2.19. The molecule has 0 saturated carbocycles. The molecule has 1 aromatic carbocycles. The van der Waals surface area contributed by atoms with Gasteiger partial charge in [-0.05, 0) is 56.7 Å². The van der Waals surface area contributed by atoms with Gasteiger partial charge in [0.25, 0.3) is 5.91 Å². The van der Waals surface area contributed by atoms with Gasteiger partial charge in [0.15, 0.2) is 6.10 Å². The minimum absolute atomic E-state index is 0.116. The normalized spacial score (nSPS) is 15.0. The fourth-order valence-corrected chi connectivity index (χ4v) is 2.80. The van der Waals surface area contributed by atoms with Gasteiger partial charge in [0, 0.05) is 6.54 Å². The third-order valence-corrected chi connectivity index (χ3v) is 4.31. The molecule has 1 N–H and O–H groups in total. The van der Waals surface area contributed by atoms with Crippen LogP contribution in [0.15, 0.2) is 35.9 Å². The van der Waals surface area contributed by atoms with E-state index in [0.717, 1.165) is 24.8 Å². The number of methoxy groups -OCH3 is 1. The first-order chi connectivity index (χ1) is 12.1. The van der Waals surface area contributed by atoms with Crippen molar-refractivity contribution in [3.8, 4) is 5.75 Å². The molecular weight excluding hydrogens is 318 g/mol. The first kappa shape index (κ1) is 19.0. The number of allylic oxidation sites excluding steroid dienone is 1. The van der Waals surface area contributed by atoms with Gasteiger partial charge in [0.1, 0.15) is 5.75 Å². The maximum Gasteiger partial charge on any atom is 0.309 e. The summed E-state index contributed by atoms with van der Waals surface area (Å²) >= 11 is 0. The van der Waals surface area contributed by atoms with Gasteiger partial charge in [-0.2, -0.15) is 0 Å². The maximum atomic E-state index is 12.1. The molecule has 1 unspecified atom stereocenters. The van der Waals surface area contributed by atoms with E-state index in [1.165, 1.54) is 25.5 Å². The van der Waals surface area contributed by atoms with E-state index in [2.05, 4.69) is 16.1 Å². The van der Waals surface area contributed by atoms with Crippen molar-refractivity contribution in [3.05, 3.63) is 41.5 Å². The van der Waals surface area contributed by atoms with Crippen LogP contribution in [0.5, 0.6) is 5.75 Å². The molecule has 0 fully saturated rings. The highest BCUT2D eigenvalue weighted by atomic mass is 16.5. The van der Waals surface area contributed by atoms with Crippen molar-refractivity contribution >= 4 is 11.9 Å². The second-order valence-corrected chi connectivity index (χ2v) is 6.31. The molecule has 2 rings (SSSR count). The maximum absolute atomic E-state index is 12.1. The van der Waals surface area contributed by atoms with Gasteiger partial charge < -0.3 is 14.8 Å². The minimum Gasteiger partial charge on any atom is -0.481 e. The summed E-state index contributed by atoms with van der Waals surface area (Å²) in [6.07, 6.45) is 7.72. The standard InChI is InChI=1S/C20H27NO4/c1-15(20(23)21-13-12-16-6-4-3-5-7-16)25-18-10-8-17(9-11-18)14-19(22)24-2/h6,8-11,15H,3-5,7,12-14H2,1-2H3,(H,21,23). The van der Waals surface area contributed by atoms with Gasteiger partial charge in [0.2, 0.25) is 0 Å². The van der Waals surface area contributed by atoms with Crippen LogP contribution >= 0.6 is 0 Å². The molecule has 1 aliphatic rings. The van der Waals surface area contributed by atoms with E-state index < -0.39 is 6.10 Å². The molecule has 1 aromatic rings. The van der Waals surface area contributed by atoms with Gasteiger partial charge in [0.05, 0.1) is 13.5 Å². The average molecular weight is 345 g/mol. The van der Waals surface area contributed by atoms with Gasteiger partial charge in [-0.3, -0.25) is 9.59 Å². The predicted octanol–water partition coefficient (Wildman–Crippen LogP) is 3.18. The third-order valence-electron chi connectivity index (χ3n) is 4.31. The lowest BCUT2D eigenvalue weighted by molar-refractivity contribution is -0.139. The Bertz CT molecular complexity index is 607. The molecule has 1 aliphatic carbocycles. The lowest BCUT2D eigenvalue weighted by Crippen LogP contribution is -2.36. The Kier molecular flexibility index (Phi) is 7.51. The fourth-order valence-electron chi connectivity index (χ4n) is 2.80. The number of carbonyl (C=O) groups is 2. The molecule has 0 saturated heterocycles. The van der Waals surface area contributed by atoms with Crippen LogP contribution in [-0.4, -0.2) is 31.6 Å². The topological polar surface area (TPSA) is 64.6 Å². The highest BCUT2D eigenvalue weighted by Gasteiger charge is 2.14. The zero-order valence-corrected chi connectivity index (χ0v) is 15.0. The molecule has 0 aromatic heterocycles. The molecule has 0 spiro atoms. The molecule has 1 atom stereocenters. The van der Waals surface area contributed by atoms with Crippen LogP contribution in [0.4, 0.5) is 0 Å². The largest absolute Gasteiger partial charge is 0.481 e. The van der Waals surface area contributed by atoms with Crippen LogP contribution in [0.2, 0.25) is 0 Å². The molecule has 5 nitrogen and oxygen atoms in total. The van der Waals surface area contributed by atoms with E-state index in [9.17, 15) is 9.59 Å². The fraction of sp³-hybridized carbons (Fsp3) is 0.500. The average Bonchev–Trinajstić information content (AvgIpc) is 2.64. The summed E-state index contributed by atoms with van der Waals surface area (Å²) in [5.74, 6) is 0.204. The Hall–Kier alpha value is -2.30. The zero-order chi connectivity index (χ0) is 18.1. The Morgan fingerprint density at radius 2 is 1.96 bits per heavy atom. The molecular formula is C20H27NO4. The van der Waals surface area contributed by atoms with E-state index in [-0.39, 0.29) is 18.3 Å². The summed E-state index contributed by atoms with van der Waals surface area (Å²) in [7, 11) is 1.37. The number of carbonyl (C=O) groups excluding carboxylic acids is 2. The summed E-state index contributed by atoms with van der Waals surface area (Å²) in [5.41, 5.74) is 2.29. The van der Waals surface area contributed by atoms with Gasteiger partial charge >= 0.3 is 5.97 Å². The number of amides is 1. The van der Waals surface area contributed by atoms with E-state index in [0.29, 0.717) is 12.3 Å². The van der Waals surface area contributed by atoms with Gasteiger partial charge in [-0.1, -0.05) is 23.8 Å². The van der Waals surface area contributed by atoms with Crippen molar-refractivity contribution in [1.82, 2.24) is 5.32 Å². The van der Waals surface area contributed by atoms with Crippen LogP contribution < -0.4 is 10.1 Å². The van der Waals surface area contributed by atoms with Crippen molar-refractivity contribution in [3.63, 3.8) is 0 Å². The van der Waals surface area contributed by atoms with Crippen molar-refractivity contribution < 1.29 is 19.1 Å². The predicted molar refractivity (Wildman–Crippen MR) is 96.4 cm³/mol. The molecule has 0 aliphatic heterocycles. The number of benzene rings is 1. The summed E-state index contributed by atoms with van der Waals surface area (Å²) < 4.78 is 10.3. The van der Waals surface area contributed by atoms with E-state index in [4.69, 9.17) is 4.74 Å². The third kappa shape index (κ3) is 6.61. The summed E-state index contributed by atoms with van der Waals surface area (Å²) in [6, 6.07) is 7.11. The number of ether oxygens (including phenoxy) is 2. The van der Waals surface area contributed by atoms with Crippen LogP contribution in [0.25, 0.3) is 0 Å². The molecule has 0 heterocycles. The number of hydrogen-bond donors (Lipinski definition) is 1. The molecule has 136 valence electrons. The number of rotatable bonds is 8. The molecule has 5 heteroatoms. The Morgan fingerprint density at radius 1 is 1.20 bits per heavy atom. The summed E-state index contributed by atoms with van der Waals surface area (Å²) in [5, 5.41) is 2.93.